The molecule has 2 fully saturated rings. The minimum absolute atomic E-state index is 0.00202. The zero-order valence-corrected chi connectivity index (χ0v) is 23.7. The third-order valence-electron chi connectivity index (χ3n) is 7.63. The number of likely N-dealkylation sites (tertiary alicyclic amines) is 2. The highest BCUT2D eigenvalue weighted by Crippen LogP contribution is 2.41. The largest absolute Gasteiger partial charge is 0.444 e. The predicted octanol–water partition coefficient (Wildman–Crippen LogP) is 5.37. The molecule has 0 saturated carbocycles. The quantitative estimate of drug-likeness (QED) is 0.521. The van der Waals surface area contributed by atoms with E-state index in [9.17, 15) is 14.4 Å². The van der Waals surface area contributed by atoms with Crippen LogP contribution >= 0.6 is 11.3 Å². The van der Waals surface area contributed by atoms with E-state index >= 15 is 0 Å². The van der Waals surface area contributed by atoms with E-state index < -0.39 is 11.0 Å². The number of piperidine rings is 2. The Morgan fingerprint density at radius 3 is 2.54 bits per heavy atom. The molecule has 0 unspecified atom stereocenters. The predicted molar refractivity (Wildman–Crippen MR) is 153 cm³/mol. The van der Waals surface area contributed by atoms with Crippen molar-refractivity contribution in [1.82, 2.24) is 14.8 Å². The molecular weight excluding hydrogens is 512 g/mol. The van der Waals surface area contributed by atoms with Crippen molar-refractivity contribution in [3.63, 3.8) is 0 Å². The van der Waals surface area contributed by atoms with Crippen molar-refractivity contribution in [3.05, 3.63) is 57.4 Å². The minimum atomic E-state index is -0.576. The molecule has 0 aliphatic carbocycles. The maximum absolute atomic E-state index is 13.1. The average Bonchev–Trinajstić information content (AvgIpc) is 3.41. The topological polar surface area (TPSA) is 91.8 Å². The minimum Gasteiger partial charge on any atom is -0.444 e. The van der Waals surface area contributed by atoms with Gasteiger partial charge in [-0.3, -0.25) is 9.59 Å². The van der Waals surface area contributed by atoms with Gasteiger partial charge in [0.25, 0.3) is 0 Å². The normalized spacial score (nSPS) is 19.2. The maximum Gasteiger partial charge on any atom is 0.410 e. The van der Waals surface area contributed by atoms with Crippen LogP contribution in [0.4, 0.5) is 10.6 Å². The second-order valence-corrected chi connectivity index (χ2v) is 12.6. The lowest BCUT2D eigenvalue weighted by atomic mass is 9.71. The zero-order chi connectivity index (χ0) is 27.6. The Bertz CT molecular complexity index is 1290. The number of hydrogen-bond acceptors (Lipinski definition) is 6. The second kappa shape index (κ2) is 11.0. The molecule has 39 heavy (non-hydrogen) atoms. The summed E-state index contributed by atoms with van der Waals surface area (Å²) in [6.45, 7) is 7.93. The number of anilines is 1. The van der Waals surface area contributed by atoms with E-state index in [1.54, 1.807) is 34.6 Å². The number of nitrogens with zero attached hydrogens (tertiary/aromatic N) is 3. The first-order valence-electron chi connectivity index (χ1n) is 13.6. The summed E-state index contributed by atoms with van der Waals surface area (Å²) in [5.41, 5.74) is 2.04. The lowest BCUT2D eigenvalue weighted by Gasteiger charge is -2.43. The van der Waals surface area contributed by atoms with E-state index in [2.05, 4.69) is 33.9 Å². The second-order valence-electron chi connectivity index (χ2n) is 11.6. The summed E-state index contributed by atoms with van der Waals surface area (Å²) in [5, 5.41) is 5.06. The molecule has 2 aromatic rings. The third kappa shape index (κ3) is 6.41. The Labute approximate surface area is 233 Å². The molecule has 1 N–H and O–H groups in total. The average molecular weight is 549 g/mol. The van der Waals surface area contributed by atoms with Crippen LogP contribution in [0.5, 0.6) is 0 Å². The van der Waals surface area contributed by atoms with Gasteiger partial charge in [-0.1, -0.05) is 11.6 Å². The molecule has 8 nitrogen and oxygen atoms in total. The molecule has 0 bridgehead atoms. The number of aromatic nitrogens is 1. The molecular formula is C30H36N4O4S. The van der Waals surface area contributed by atoms with Gasteiger partial charge in [0.2, 0.25) is 11.8 Å². The lowest BCUT2D eigenvalue weighted by molar-refractivity contribution is -0.129. The van der Waals surface area contributed by atoms with Crippen LogP contribution in [-0.4, -0.2) is 64.5 Å². The van der Waals surface area contributed by atoms with Crippen LogP contribution in [0.3, 0.4) is 0 Å². The van der Waals surface area contributed by atoms with Crippen molar-refractivity contribution in [2.45, 2.75) is 58.5 Å². The molecule has 5 heterocycles. The first-order valence-corrected chi connectivity index (χ1v) is 14.5. The maximum atomic E-state index is 13.1. The van der Waals surface area contributed by atoms with Crippen LogP contribution in [0.25, 0.3) is 12.2 Å². The molecule has 3 aliphatic heterocycles. The molecule has 2 aromatic heterocycles. The number of carbonyl (C=O) groups is 3. The third-order valence-corrected chi connectivity index (χ3v) is 8.45. The van der Waals surface area contributed by atoms with Crippen molar-refractivity contribution >= 4 is 47.2 Å². The van der Waals surface area contributed by atoms with Gasteiger partial charge in [-0.25, -0.2) is 9.78 Å². The molecule has 1 spiro atoms. The number of rotatable bonds is 3. The van der Waals surface area contributed by atoms with Gasteiger partial charge >= 0.3 is 6.09 Å². The highest BCUT2D eigenvalue weighted by atomic mass is 32.1. The van der Waals surface area contributed by atoms with Gasteiger partial charge in [0, 0.05) is 43.3 Å². The molecule has 0 aromatic carbocycles. The van der Waals surface area contributed by atoms with Gasteiger partial charge in [0.05, 0.1) is 5.41 Å². The number of carbonyl (C=O) groups excluding carboxylic acids is 3. The summed E-state index contributed by atoms with van der Waals surface area (Å²) >= 11 is 1.73. The van der Waals surface area contributed by atoms with E-state index in [0.717, 1.165) is 37.1 Å². The van der Waals surface area contributed by atoms with Crippen molar-refractivity contribution < 1.29 is 19.1 Å². The number of ether oxygens (including phenoxy) is 1. The van der Waals surface area contributed by atoms with Crippen LogP contribution in [0.2, 0.25) is 0 Å². The fourth-order valence-corrected chi connectivity index (χ4v) is 6.11. The van der Waals surface area contributed by atoms with E-state index in [-0.39, 0.29) is 17.9 Å². The molecule has 3 amide bonds. The number of hydrogen-bond donors (Lipinski definition) is 1. The fraction of sp³-hybridized carbons (Fsp3) is 0.467. The molecule has 2 saturated heterocycles. The summed E-state index contributed by atoms with van der Waals surface area (Å²) in [7, 11) is 0. The van der Waals surface area contributed by atoms with E-state index in [4.69, 9.17) is 4.74 Å². The van der Waals surface area contributed by atoms with E-state index in [1.807, 2.05) is 31.7 Å². The van der Waals surface area contributed by atoms with Gasteiger partial charge in [-0.05, 0) is 93.7 Å². The van der Waals surface area contributed by atoms with Gasteiger partial charge in [0.1, 0.15) is 11.4 Å². The van der Waals surface area contributed by atoms with Crippen LogP contribution in [0, 0.1) is 5.41 Å². The van der Waals surface area contributed by atoms with E-state index in [0.29, 0.717) is 38.2 Å². The summed E-state index contributed by atoms with van der Waals surface area (Å²) in [4.78, 5) is 47.7. The Balaban J connectivity index is 1.19. The Hall–Kier alpha value is -3.46. The van der Waals surface area contributed by atoms with Crippen LogP contribution in [0.1, 0.15) is 62.5 Å². The number of thiophene rings is 1. The van der Waals surface area contributed by atoms with Gasteiger partial charge in [-0.15, -0.1) is 11.3 Å². The van der Waals surface area contributed by atoms with Gasteiger partial charge in [0.15, 0.2) is 0 Å². The van der Waals surface area contributed by atoms with Gasteiger partial charge < -0.3 is 19.9 Å². The van der Waals surface area contributed by atoms with Crippen LogP contribution in [0.15, 0.2) is 41.4 Å². The SMILES string of the molecule is CC(C)(C)OC(=O)N1CCC2(CC1)Cc1cc(/C=C/C(=O)N3CCC(=Cc4cccs4)CC3)cnc1NC2=O. The number of pyridine rings is 1. The standard InChI is InChI=1S/C30H36N4O4S/c1-29(2,3)38-28(37)34-14-10-30(11-15-34)19-23-17-22(20-31-26(23)32-27(30)36)6-7-25(35)33-12-8-21(9-13-33)18-24-5-4-16-39-24/h4-7,16-18,20H,8-15,19H2,1-3H3,(H,31,32,36)/b7-6+. The lowest BCUT2D eigenvalue weighted by Crippen LogP contribution is -2.51. The molecule has 9 heteroatoms. The van der Waals surface area contributed by atoms with Crippen LogP contribution < -0.4 is 5.32 Å². The fourth-order valence-electron chi connectivity index (χ4n) is 5.41. The van der Waals surface area contributed by atoms with Crippen molar-refractivity contribution in [1.29, 1.82) is 0 Å². The van der Waals surface area contributed by atoms with Gasteiger partial charge in [-0.2, -0.15) is 0 Å². The van der Waals surface area contributed by atoms with Crippen molar-refractivity contribution in [3.8, 4) is 0 Å². The molecule has 0 atom stereocenters. The zero-order valence-electron chi connectivity index (χ0n) is 22.9. The Morgan fingerprint density at radius 1 is 1.13 bits per heavy atom. The summed E-state index contributed by atoms with van der Waals surface area (Å²) < 4.78 is 5.50. The number of nitrogens with one attached hydrogen (secondary N) is 1. The number of fused-ring (bicyclic) bond motifs is 1. The van der Waals surface area contributed by atoms with Crippen molar-refractivity contribution in [2.75, 3.05) is 31.5 Å². The molecule has 3 aliphatic rings. The molecule has 0 radical (unpaired) electrons. The smallest absolute Gasteiger partial charge is 0.410 e. The number of amides is 3. The van der Waals surface area contributed by atoms with E-state index in [1.165, 1.54) is 10.5 Å². The monoisotopic (exact) mass is 548 g/mol. The summed E-state index contributed by atoms with van der Waals surface area (Å²) in [6.07, 6.45) is 10.5. The first-order chi connectivity index (χ1) is 18.6. The first kappa shape index (κ1) is 27.1. The van der Waals surface area contributed by atoms with Crippen LogP contribution in [-0.2, 0) is 20.7 Å². The molecule has 206 valence electrons. The van der Waals surface area contributed by atoms with Crippen molar-refractivity contribution in [2.24, 2.45) is 5.41 Å². The highest BCUT2D eigenvalue weighted by Gasteiger charge is 2.46. The Morgan fingerprint density at radius 2 is 1.87 bits per heavy atom. The summed E-state index contributed by atoms with van der Waals surface area (Å²) in [6, 6.07) is 6.18. The Kier molecular flexibility index (Phi) is 7.62. The summed E-state index contributed by atoms with van der Waals surface area (Å²) in [5.74, 6) is 0.536. The highest BCUT2D eigenvalue weighted by molar-refractivity contribution is 7.10. The molecule has 5 rings (SSSR count).